The first-order chi connectivity index (χ1) is 13.1. The molecule has 0 spiro atoms. The Labute approximate surface area is 158 Å². The third kappa shape index (κ3) is 3.29. The number of pyridine rings is 1. The smallest absolute Gasteiger partial charge is 0.335 e. The van der Waals surface area contributed by atoms with Crippen LogP contribution in [0, 0.1) is 12.8 Å². The first kappa shape index (κ1) is 17.6. The molecule has 0 radical (unpaired) electrons. The molecule has 1 aromatic carbocycles. The van der Waals surface area contributed by atoms with Crippen molar-refractivity contribution in [2.75, 3.05) is 7.11 Å². The fraction of sp³-hybridized carbons (Fsp3) is 0.364. The maximum atomic E-state index is 11.5. The van der Waals surface area contributed by atoms with E-state index in [9.17, 15) is 9.90 Å². The van der Waals surface area contributed by atoms with Crippen LogP contribution in [-0.2, 0) is 13.0 Å². The van der Waals surface area contributed by atoms with Crippen molar-refractivity contribution in [2.45, 2.75) is 39.2 Å². The van der Waals surface area contributed by atoms with Gasteiger partial charge >= 0.3 is 5.97 Å². The maximum Gasteiger partial charge on any atom is 0.335 e. The predicted molar refractivity (Wildman–Crippen MR) is 105 cm³/mol. The van der Waals surface area contributed by atoms with Crippen molar-refractivity contribution in [3.8, 4) is 5.88 Å². The summed E-state index contributed by atoms with van der Waals surface area (Å²) in [5.41, 5.74) is 4.96. The summed E-state index contributed by atoms with van der Waals surface area (Å²) >= 11 is 0. The Morgan fingerprint density at radius 2 is 2.11 bits per heavy atom. The van der Waals surface area contributed by atoms with Gasteiger partial charge in [0.15, 0.2) is 0 Å². The first-order valence-electron chi connectivity index (χ1n) is 9.40. The van der Waals surface area contributed by atoms with E-state index in [4.69, 9.17) is 4.74 Å². The molecular weight excluding hydrogens is 340 g/mol. The van der Waals surface area contributed by atoms with Gasteiger partial charge in [-0.25, -0.2) is 9.78 Å². The largest absolute Gasteiger partial charge is 0.481 e. The number of methoxy groups -OCH3 is 1. The molecule has 2 heterocycles. The van der Waals surface area contributed by atoms with E-state index in [0.29, 0.717) is 17.4 Å². The number of carbonyl (C=O) groups is 1. The van der Waals surface area contributed by atoms with Crippen LogP contribution in [0.2, 0.25) is 0 Å². The van der Waals surface area contributed by atoms with Crippen LogP contribution in [0.15, 0.2) is 36.5 Å². The lowest BCUT2D eigenvalue weighted by atomic mass is 9.85. The number of hydrogen-bond acceptors (Lipinski definition) is 3. The Morgan fingerprint density at radius 3 is 2.78 bits per heavy atom. The minimum Gasteiger partial charge on any atom is -0.481 e. The first-order valence-corrected chi connectivity index (χ1v) is 9.40. The van der Waals surface area contributed by atoms with E-state index in [0.717, 1.165) is 29.4 Å². The highest BCUT2D eigenvalue weighted by atomic mass is 16.5. The number of fused-ring (bicyclic) bond motifs is 1. The SMILES string of the molecule is COc1cc(Cc2c(C)n(CC3CCC3)c3cc(C(=O)O)ccc23)ccn1. The normalized spacial score (nSPS) is 14.3. The molecule has 1 aliphatic rings. The Bertz CT molecular complexity index is 1000. The molecular formula is C22H24N2O3. The van der Waals surface area contributed by atoms with E-state index < -0.39 is 5.97 Å². The molecule has 3 aromatic rings. The maximum absolute atomic E-state index is 11.5. The number of rotatable bonds is 6. The van der Waals surface area contributed by atoms with Crippen LogP contribution in [0.3, 0.4) is 0 Å². The van der Waals surface area contributed by atoms with E-state index in [-0.39, 0.29) is 0 Å². The number of nitrogens with zero attached hydrogens (tertiary/aromatic N) is 2. The third-order valence-electron chi connectivity index (χ3n) is 5.76. The van der Waals surface area contributed by atoms with Crippen molar-refractivity contribution >= 4 is 16.9 Å². The molecule has 0 aliphatic heterocycles. The van der Waals surface area contributed by atoms with Crippen molar-refractivity contribution in [3.05, 3.63) is 58.9 Å². The second-order valence-corrected chi connectivity index (χ2v) is 7.39. The number of ether oxygens (including phenoxy) is 1. The average Bonchev–Trinajstić information content (AvgIpc) is 2.89. The van der Waals surface area contributed by atoms with E-state index in [1.54, 1.807) is 19.4 Å². The van der Waals surface area contributed by atoms with Gasteiger partial charge in [-0.15, -0.1) is 0 Å². The molecule has 5 nitrogen and oxygen atoms in total. The third-order valence-corrected chi connectivity index (χ3v) is 5.76. The van der Waals surface area contributed by atoms with Crippen LogP contribution >= 0.6 is 0 Å². The summed E-state index contributed by atoms with van der Waals surface area (Å²) in [4.78, 5) is 15.7. The lowest BCUT2D eigenvalue weighted by Crippen LogP contribution is -2.18. The second kappa shape index (κ2) is 7.06. The highest BCUT2D eigenvalue weighted by molar-refractivity contribution is 5.95. The number of benzene rings is 1. The average molecular weight is 364 g/mol. The van der Waals surface area contributed by atoms with E-state index in [1.165, 1.54) is 30.5 Å². The molecule has 0 atom stereocenters. The van der Waals surface area contributed by atoms with E-state index in [1.807, 2.05) is 24.3 Å². The van der Waals surface area contributed by atoms with Gasteiger partial charge in [-0.05, 0) is 55.0 Å². The summed E-state index contributed by atoms with van der Waals surface area (Å²) in [7, 11) is 1.62. The Balaban J connectivity index is 1.80. The topological polar surface area (TPSA) is 64.3 Å². The van der Waals surface area contributed by atoms with Crippen LogP contribution < -0.4 is 4.74 Å². The predicted octanol–water partition coefficient (Wildman–Crippen LogP) is 4.44. The van der Waals surface area contributed by atoms with Crippen LogP contribution in [0.5, 0.6) is 5.88 Å². The van der Waals surface area contributed by atoms with Crippen LogP contribution in [-0.4, -0.2) is 27.7 Å². The summed E-state index contributed by atoms with van der Waals surface area (Å²) in [6.07, 6.45) is 6.35. The van der Waals surface area contributed by atoms with Crippen LogP contribution in [0.4, 0.5) is 0 Å². The Hall–Kier alpha value is -2.82. The number of carboxylic acids is 1. The van der Waals surface area contributed by atoms with E-state index in [2.05, 4.69) is 16.5 Å². The minimum atomic E-state index is -0.883. The molecule has 1 N–H and O–H groups in total. The van der Waals surface area contributed by atoms with E-state index >= 15 is 0 Å². The van der Waals surface area contributed by atoms with Crippen molar-refractivity contribution in [1.82, 2.24) is 9.55 Å². The Morgan fingerprint density at radius 1 is 1.30 bits per heavy atom. The Kier molecular flexibility index (Phi) is 4.60. The molecule has 27 heavy (non-hydrogen) atoms. The fourth-order valence-electron chi connectivity index (χ4n) is 3.95. The monoisotopic (exact) mass is 364 g/mol. The summed E-state index contributed by atoms with van der Waals surface area (Å²) in [5, 5.41) is 10.5. The lowest BCUT2D eigenvalue weighted by molar-refractivity contribution is 0.0697. The fourth-order valence-corrected chi connectivity index (χ4v) is 3.95. The van der Waals surface area contributed by atoms with Crippen molar-refractivity contribution in [2.24, 2.45) is 5.92 Å². The number of carboxylic acid groups (broad SMARTS) is 1. The molecule has 4 rings (SSSR count). The highest BCUT2D eigenvalue weighted by Gasteiger charge is 2.22. The minimum absolute atomic E-state index is 0.340. The van der Waals surface area contributed by atoms with Gasteiger partial charge in [-0.3, -0.25) is 0 Å². The molecule has 0 bridgehead atoms. The van der Waals surface area contributed by atoms with Gasteiger partial charge in [0.1, 0.15) is 0 Å². The quantitative estimate of drug-likeness (QED) is 0.702. The number of hydrogen-bond donors (Lipinski definition) is 1. The van der Waals surface area contributed by atoms with Crippen molar-refractivity contribution < 1.29 is 14.6 Å². The lowest BCUT2D eigenvalue weighted by Gasteiger charge is -2.27. The van der Waals surface area contributed by atoms with Gasteiger partial charge in [-0.2, -0.15) is 0 Å². The molecule has 1 saturated carbocycles. The van der Waals surface area contributed by atoms with Crippen molar-refractivity contribution in [3.63, 3.8) is 0 Å². The standard InChI is InChI=1S/C22H24N2O3/c1-14-19(10-16-8-9-23-21(11-16)27-2)18-7-6-17(22(25)26)12-20(18)24(14)13-15-4-3-5-15/h6-9,11-12,15H,3-5,10,13H2,1-2H3,(H,25,26). The van der Waals surface area contributed by atoms with Gasteiger partial charge in [0.05, 0.1) is 12.7 Å². The second-order valence-electron chi connectivity index (χ2n) is 7.39. The molecule has 5 heteroatoms. The number of aromatic nitrogens is 2. The van der Waals surface area contributed by atoms with Crippen LogP contribution in [0.25, 0.3) is 10.9 Å². The molecule has 0 amide bonds. The van der Waals surface area contributed by atoms with Gasteiger partial charge in [0, 0.05) is 41.8 Å². The van der Waals surface area contributed by atoms with Gasteiger partial charge in [0.25, 0.3) is 0 Å². The molecule has 140 valence electrons. The van der Waals surface area contributed by atoms with Gasteiger partial charge < -0.3 is 14.4 Å². The highest BCUT2D eigenvalue weighted by Crippen LogP contribution is 2.34. The summed E-state index contributed by atoms with van der Waals surface area (Å²) in [6, 6.07) is 9.44. The summed E-state index contributed by atoms with van der Waals surface area (Å²) < 4.78 is 7.57. The summed E-state index contributed by atoms with van der Waals surface area (Å²) in [6.45, 7) is 3.11. The molecule has 1 aliphatic carbocycles. The zero-order chi connectivity index (χ0) is 19.0. The van der Waals surface area contributed by atoms with Gasteiger partial charge in [0.2, 0.25) is 5.88 Å². The zero-order valence-electron chi connectivity index (χ0n) is 15.7. The van der Waals surface area contributed by atoms with Gasteiger partial charge in [-0.1, -0.05) is 12.5 Å². The van der Waals surface area contributed by atoms with Crippen molar-refractivity contribution in [1.29, 1.82) is 0 Å². The number of aromatic carboxylic acids is 1. The zero-order valence-corrected chi connectivity index (χ0v) is 15.7. The summed E-state index contributed by atoms with van der Waals surface area (Å²) in [5.74, 6) is 0.421. The van der Waals surface area contributed by atoms with Crippen LogP contribution in [0.1, 0.15) is 46.4 Å². The molecule has 0 unspecified atom stereocenters. The molecule has 1 fully saturated rings. The molecule has 0 saturated heterocycles. The molecule has 2 aromatic heterocycles.